The van der Waals surface area contributed by atoms with E-state index in [0.29, 0.717) is 12.1 Å². The molecule has 0 radical (unpaired) electrons. The van der Waals surface area contributed by atoms with E-state index < -0.39 is 5.91 Å². The summed E-state index contributed by atoms with van der Waals surface area (Å²) in [7, 11) is 0. The summed E-state index contributed by atoms with van der Waals surface area (Å²) in [4.78, 5) is 11.1. The van der Waals surface area contributed by atoms with Crippen LogP contribution >= 0.6 is 0 Å². The van der Waals surface area contributed by atoms with Crippen LogP contribution in [0.4, 0.5) is 0 Å². The van der Waals surface area contributed by atoms with Gasteiger partial charge in [-0.3, -0.25) is 4.79 Å². The number of carbonyl (C=O) groups is 1. The molecule has 86 valence electrons. The predicted octanol–water partition coefficient (Wildman–Crippen LogP) is 1.91. The number of benzene rings is 2. The standard InChI is InChI=1S/C14H14N2O/c15-9-10-4-6-11(7-5-10)12-2-1-3-13(8-12)14(16)17/h1-8H,9,15H2,(H2,16,17). The summed E-state index contributed by atoms with van der Waals surface area (Å²) >= 11 is 0. The average Bonchev–Trinajstić information content (AvgIpc) is 2.39. The van der Waals surface area contributed by atoms with Gasteiger partial charge in [0.2, 0.25) is 5.91 Å². The fourth-order valence-electron chi connectivity index (χ4n) is 1.69. The van der Waals surface area contributed by atoms with Crippen LogP contribution in [0.1, 0.15) is 15.9 Å². The van der Waals surface area contributed by atoms with Crippen molar-refractivity contribution < 1.29 is 4.79 Å². The first-order chi connectivity index (χ1) is 8.20. The molecular formula is C14H14N2O. The molecule has 3 heteroatoms. The third-order valence-electron chi connectivity index (χ3n) is 2.67. The van der Waals surface area contributed by atoms with Crippen molar-refractivity contribution in [3.63, 3.8) is 0 Å². The van der Waals surface area contributed by atoms with E-state index >= 15 is 0 Å². The van der Waals surface area contributed by atoms with Crippen LogP contribution in [0.3, 0.4) is 0 Å². The zero-order valence-corrected chi connectivity index (χ0v) is 9.39. The van der Waals surface area contributed by atoms with Gasteiger partial charge < -0.3 is 11.5 Å². The average molecular weight is 226 g/mol. The first kappa shape index (κ1) is 11.4. The molecule has 2 aromatic carbocycles. The van der Waals surface area contributed by atoms with Crippen LogP contribution in [0.15, 0.2) is 48.5 Å². The van der Waals surface area contributed by atoms with Crippen LogP contribution in [0, 0.1) is 0 Å². The quantitative estimate of drug-likeness (QED) is 0.839. The Kier molecular flexibility index (Phi) is 3.21. The highest BCUT2D eigenvalue weighted by Gasteiger charge is 2.03. The Morgan fingerprint density at radius 3 is 2.29 bits per heavy atom. The van der Waals surface area contributed by atoms with Gasteiger partial charge in [-0.05, 0) is 28.8 Å². The number of amides is 1. The van der Waals surface area contributed by atoms with Gasteiger partial charge in [0, 0.05) is 12.1 Å². The Bertz CT molecular complexity index is 532. The predicted molar refractivity (Wildman–Crippen MR) is 68.3 cm³/mol. The molecule has 1 amide bonds. The van der Waals surface area contributed by atoms with Crippen molar-refractivity contribution in [1.82, 2.24) is 0 Å². The van der Waals surface area contributed by atoms with E-state index in [9.17, 15) is 4.79 Å². The highest BCUT2D eigenvalue weighted by atomic mass is 16.1. The molecule has 0 saturated carbocycles. The molecule has 0 aromatic heterocycles. The van der Waals surface area contributed by atoms with Crippen LogP contribution in [-0.4, -0.2) is 5.91 Å². The Labute approximate surface area is 100 Å². The van der Waals surface area contributed by atoms with Crippen LogP contribution in [0.5, 0.6) is 0 Å². The first-order valence-corrected chi connectivity index (χ1v) is 5.40. The largest absolute Gasteiger partial charge is 0.366 e. The molecule has 0 aliphatic rings. The molecule has 0 bridgehead atoms. The number of hydrogen-bond donors (Lipinski definition) is 2. The van der Waals surface area contributed by atoms with Gasteiger partial charge in [0.25, 0.3) is 0 Å². The van der Waals surface area contributed by atoms with Crippen molar-refractivity contribution in [2.24, 2.45) is 11.5 Å². The molecule has 2 rings (SSSR count). The highest BCUT2D eigenvalue weighted by Crippen LogP contribution is 2.20. The third-order valence-corrected chi connectivity index (χ3v) is 2.67. The van der Waals surface area contributed by atoms with Gasteiger partial charge in [-0.1, -0.05) is 36.4 Å². The van der Waals surface area contributed by atoms with E-state index in [1.165, 1.54) is 0 Å². The molecule has 17 heavy (non-hydrogen) atoms. The molecule has 0 atom stereocenters. The van der Waals surface area contributed by atoms with E-state index in [2.05, 4.69) is 0 Å². The molecule has 0 saturated heterocycles. The third kappa shape index (κ3) is 2.52. The summed E-state index contributed by atoms with van der Waals surface area (Å²) in [5, 5.41) is 0. The second-order valence-electron chi connectivity index (χ2n) is 3.85. The SMILES string of the molecule is NCc1ccc(-c2cccc(C(N)=O)c2)cc1. The minimum absolute atomic E-state index is 0.412. The second-order valence-corrected chi connectivity index (χ2v) is 3.85. The van der Waals surface area contributed by atoms with Crippen LogP contribution in [-0.2, 0) is 6.54 Å². The van der Waals surface area contributed by atoms with Crippen molar-refractivity contribution in [2.75, 3.05) is 0 Å². The topological polar surface area (TPSA) is 69.1 Å². The molecule has 0 heterocycles. The van der Waals surface area contributed by atoms with E-state index in [0.717, 1.165) is 16.7 Å². The smallest absolute Gasteiger partial charge is 0.248 e. The fraction of sp³-hybridized carbons (Fsp3) is 0.0714. The number of primary amides is 1. The number of rotatable bonds is 3. The number of nitrogens with two attached hydrogens (primary N) is 2. The second kappa shape index (κ2) is 4.80. The van der Waals surface area contributed by atoms with Crippen molar-refractivity contribution in [1.29, 1.82) is 0 Å². The number of hydrogen-bond acceptors (Lipinski definition) is 2. The van der Waals surface area contributed by atoms with Gasteiger partial charge in [-0.15, -0.1) is 0 Å². The van der Waals surface area contributed by atoms with Gasteiger partial charge in [-0.2, -0.15) is 0 Å². The molecule has 0 aliphatic carbocycles. The molecule has 3 nitrogen and oxygen atoms in total. The molecule has 2 aromatic rings. The maximum absolute atomic E-state index is 11.1. The maximum Gasteiger partial charge on any atom is 0.248 e. The van der Waals surface area contributed by atoms with Crippen molar-refractivity contribution >= 4 is 5.91 Å². The molecule has 0 aliphatic heterocycles. The summed E-state index contributed by atoms with van der Waals surface area (Å²) < 4.78 is 0. The summed E-state index contributed by atoms with van der Waals surface area (Å²) in [6.45, 7) is 0.529. The summed E-state index contributed by atoms with van der Waals surface area (Å²) in [5.74, 6) is -0.412. The van der Waals surface area contributed by atoms with Crippen molar-refractivity contribution in [3.8, 4) is 11.1 Å². The van der Waals surface area contributed by atoms with Gasteiger partial charge in [0.1, 0.15) is 0 Å². The zero-order valence-electron chi connectivity index (χ0n) is 9.39. The van der Waals surface area contributed by atoms with E-state index in [4.69, 9.17) is 11.5 Å². The molecule has 4 N–H and O–H groups in total. The van der Waals surface area contributed by atoms with E-state index in [1.54, 1.807) is 12.1 Å². The summed E-state index contributed by atoms with van der Waals surface area (Å²) in [5.41, 5.74) is 14.4. The fourth-order valence-corrected chi connectivity index (χ4v) is 1.69. The Hall–Kier alpha value is -2.13. The highest BCUT2D eigenvalue weighted by molar-refractivity contribution is 5.94. The molecule has 0 fully saturated rings. The lowest BCUT2D eigenvalue weighted by atomic mass is 10.0. The van der Waals surface area contributed by atoms with Gasteiger partial charge >= 0.3 is 0 Å². The maximum atomic E-state index is 11.1. The van der Waals surface area contributed by atoms with Gasteiger partial charge in [0.15, 0.2) is 0 Å². The zero-order chi connectivity index (χ0) is 12.3. The van der Waals surface area contributed by atoms with Gasteiger partial charge in [-0.25, -0.2) is 0 Å². The van der Waals surface area contributed by atoms with Crippen LogP contribution in [0.25, 0.3) is 11.1 Å². The van der Waals surface area contributed by atoms with Gasteiger partial charge in [0.05, 0.1) is 0 Å². The van der Waals surface area contributed by atoms with Crippen LogP contribution in [0.2, 0.25) is 0 Å². The normalized spacial score (nSPS) is 10.2. The summed E-state index contributed by atoms with van der Waals surface area (Å²) in [6, 6.07) is 15.2. The Morgan fingerprint density at radius 2 is 1.71 bits per heavy atom. The minimum Gasteiger partial charge on any atom is -0.366 e. The first-order valence-electron chi connectivity index (χ1n) is 5.40. The Morgan fingerprint density at radius 1 is 1.00 bits per heavy atom. The molecule has 0 unspecified atom stereocenters. The van der Waals surface area contributed by atoms with E-state index in [-0.39, 0.29) is 0 Å². The van der Waals surface area contributed by atoms with E-state index in [1.807, 2.05) is 36.4 Å². The minimum atomic E-state index is -0.412. The molecule has 0 spiro atoms. The monoisotopic (exact) mass is 226 g/mol. The van der Waals surface area contributed by atoms with Crippen LogP contribution < -0.4 is 11.5 Å². The van der Waals surface area contributed by atoms with Crippen molar-refractivity contribution in [3.05, 3.63) is 59.7 Å². The lowest BCUT2D eigenvalue weighted by Gasteiger charge is -2.04. The van der Waals surface area contributed by atoms with Crippen molar-refractivity contribution in [2.45, 2.75) is 6.54 Å². The Balaban J connectivity index is 2.38. The number of carbonyl (C=O) groups excluding carboxylic acids is 1. The summed E-state index contributed by atoms with van der Waals surface area (Å²) in [6.07, 6.45) is 0. The lowest BCUT2D eigenvalue weighted by Crippen LogP contribution is -2.10. The molecular weight excluding hydrogens is 212 g/mol. The lowest BCUT2D eigenvalue weighted by molar-refractivity contribution is 0.100.